The van der Waals surface area contributed by atoms with Crippen molar-refractivity contribution in [2.75, 3.05) is 26.7 Å². The van der Waals surface area contributed by atoms with Gasteiger partial charge >= 0.3 is 0 Å². The summed E-state index contributed by atoms with van der Waals surface area (Å²) >= 11 is 0. The number of aromatic nitrogens is 1. The van der Waals surface area contributed by atoms with E-state index >= 15 is 0 Å². The molecule has 4 heteroatoms. The van der Waals surface area contributed by atoms with E-state index in [1.807, 2.05) is 12.1 Å². The van der Waals surface area contributed by atoms with Crippen molar-refractivity contribution in [2.45, 2.75) is 25.9 Å². The lowest BCUT2D eigenvalue weighted by Crippen LogP contribution is -2.50. The van der Waals surface area contributed by atoms with Crippen LogP contribution in [0.3, 0.4) is 0 Å². The lowest BCUT2D eigenvalue weighted by Gasteiger charge is -2.39. The number of likely N-dealkylation sites (N-methyl/N-ethyl adjacent to an activating group) is 1. The zero-order valence-corrected chi connectivity index (χ0v) is 11.1. The van der Waals surface area contributed by atoms with Gasteiger partial charge in [-0.3, -0.25) is 4.90 Å². The van der Waals surface area contributed by atoms with Gasteiger partial charge in [-0.15, -0.1) is 0 Å². The van der Waals surface area contributed by atoms with E-state index in [0.29, 0.717) is 11.7 Å². The first-order valence-corrected chi connectivity index (χ1v) is 6.51. The minimum absolute atomic E-state index is 0.560. The standard InChI is InChI=1S/C14H20N4/c1-3-13-11-18(8-7-17(13)2)10-12-5-4-6-16-14(12)9-15/h4-6,13H,3,7-8,10-11H2,1-2H3. The molecule has 1 aromatic heterocycles. The molecule has 2 heterocycles. The van der Waals surface area contributed by atoms with Crippen LogP contribution in [0.25, 0.3) is 0 Å². The predicted octanol–water partition coefficient (Wildman–Crippen LogP) is 1.48. The van der Waals surface area contributed by atoms with Crippen molar-refractivity contribution in [3.8, 4) is 6.07 Å². The summed E-state index contributed by atoms with van der Waals surface area (Å²) < 4.78 is 0. The molecule has 96 valence electrons. The Balaban J connectivity index is 2.04. The van der Waals surface area contributed by atoms with Crippen LogP contribution in [0.15, 0.2) is 18.3 Å². The molecule has 0 aromatic carbocycles. The number of piperazine rings is 1. The van der Waals surface area contributed by atoms with Crippen molar-refractivity contribution in [3.05, 3.63) is 29.6 Å². The quantitative estimate of drug-likeness (QED) is 0.808. The van der Waals surface area contributed by atoms with E-state index in [2.05, 4.69) is 34.8 Å². The topological polar surface area (TPSA) is 43.2 Å². The van der Waals surface area contributed by atoms with Crippen LogP contribution in [0, 0.1) is 11.3 Å². The fraction of sp³-hybridized carbons (Fsp3) is 0.571. The Labute approximate surface area is 109 Å². The third kappa shape index (κ3) is 2.87. The van der Waals surface area contributed by atoms with Gasteiger partial charge in [0.2, 0.25) is 0 Å². The van der Waals surface area contributed by atoms with Crippen molar-refractivity contribution in [1.29, 1.82) is 5.26 Å². The minimum Gasteiger partial charge on any atom is -0.301 e. The molecule has 0 saturated carbocycles. The van der Waals surface area contributed by atoms with E-state index in [9.17, 15) is 0 Å². The first-order valence-electron chi connectivity index (χ1n) is 6.51. The molecule has 1 unspecified atom stereocenters. The maximum absolute atomic E-state index is 9.05. The van der Waals surface area contributed by atoms with Crippen LogP contribution in [-0.4, -0.2) is 47.5 Å². The number of rotatable bonds is 3. The molecule has 0 N–H and O–H groups in total. The van der Waals surface area contributed by atoms with Gasteiger partial charge in [-0.05, 0) is 19.5 Å². The van der Waals surface area contributed by atoms with Crippen LogP contribution >= 0.6 is 0 Å². The second kappa shape index (κ2) is 5.94. The Morgan fingerprint density at radius 2 is 2.33 bits per heavy atom. The number of hydrogen-bond acceptors (Lipinski definition) is 4. The maximum Gasteiger partial charge on any atom is 0.144 e. The van der Waals surface area contributed by atoms with Gasteiger partial charge in [0.25, 0.3) is 0 Å². The van der Waals surface area contributed by atoms with Gasteiger partial charge in [-0.1, -0.05) is 13.0 Å². The van der Waals surface area contributed by atoms with Crippen LogP contribution in [0.1, 0.15) is 24.6 Å². The molecule has 0 radical (unpaired) electrons. The number of hydrogen-bond donors (Lipinski definition) is 0. The summed E-state index contributed by atoms with van der Waals surface area (Å²) in [6.45, 7) is 6.30. The van der Waals surface area contributed by atoms with E-state index in [-0.39, 0.29) is 0 Å². The lowest BCUT2D eigenvalue weighted by atomic mass is 10.1. The number of nitrogens with zero attached hydrogens (tertiary/aromatic N) is 4. The van der Waals surface area contributed by atoms with Crippen molar-refractivity contribution < 1.29 is 0 Å². The van der Waals surface area contributed by atoms with Gasteiger partial charge in [0, 0.05) is 44.0 Å². The van der Waals surface area contributed by atoms with Crippen molar-refractivity contribution >= 4 is 0 Å². The van der Waals surface area contributed by atoms with Crippen LogP contribution in [-0.2, 0) is 6.54 Å². The van der Waals surface area contributed by atoms with Gasteiger partial charge < -0.3 is 4.90 Å². The van der Waals surface area contributed by atoms with Gasteiger partial charge in [-0.2, -0.15) is 5.26 Å². The molecule has 1 fully saturated rings. The maximum atomic E-state index is 9.05. The Morgan fingerprint density at radius 1 is 1.50 bits per heavy atom. The number of pyridine rings is 1. The van der Waals surface area contributed by atoms with Crippen molar-refractivity contribution in [1.82, 2.24) is 14.8 Å². The zero-order chi connectivity index (χ0) is 13.0. The third-order valence-electron chi connectivity index (χ3n) is 3.72. The summed E-state index contributed by atoms with van der Waals surface area (Å²) in [5, 5.41) is 9.05. The number of nitriles is 1. The van der Waals surface area contributed by atoms with Gasteiger partial charge in [-0.25, -0.2) is 4.98 Å². The van der Waals surface area contributed by atoms with Gasteiger partial charge in [0.15, 0.2) is 0 Å². The van der Waals surface area contributed by atoms with E-state index < -0.39 is 0 Å². The van der Waals surface area contributed by atoms with Crippen LogP contribution in [0.5, 0.6) is 0 Å². The highest BCUT2D eigenvalue weighted by atomic mass is 15.3. The summed E-state index contributed by atoms with van der Waals surface area (Å²) in [6.07, 6.45) is 2.85. The molecule has 1 aliphatic heterocycles. The van der Waals surface area contributed by atoms with E-state index in [1.165, 1.54) is 6.42 Å². The lowest BCUT2D eigenvalue weighted by molar-refractivity contribution is 0.0882. The summed E-state index contributed by atoms with van der Waals surface area (Å²) in [4.78, 5) is 8.96. The first-order chi connectivity index (χ1) is 8.74. The molecule has 0 bridgehead atoms. The molecule has 1 atom stereocenters. The largest absolute Gasteiger partial charge is 0.301 e. The van der Waals surface area contributed by atoms with E-state index in [1.54, 1.807) is 6.20 Å². The molecule has 0 spiro atoms. The molecular formula is C14H20N4. The van der Waals surface area contributed by atoms with Crippen molar-refractivity contribution in [3.63, 3.8) is 0 Å². The second-order valence-electron chi connectivity index (χ2n) is 4.90. The fourth-order valence-electron chi connectivity index (χ4n) is 2.50. The Morgan fingerprint density at radius 3 is 3.06 bits per heavy atom. The molecule has 1 aliphatic rings. The second-order valence-corrected chi connectivity index (χ2v) is 4.90. The predicted molar refractivity (Wildman–Crippen MR) is 70.9 cm³/mol. The zero-order valence-electron chi connectivity index (χ0n) is 11.1. The van der Waals surface area contributed by atoms with Crippen molar-refractivity contribution in [2.24, 2.45) is 0 Å². The summed E-state index contributed by atoms with van der Waals surface area (Å²) in [5.74, 6) is 0. The molecule has 1 aromatic rings. The fourth-order valence-corrected chi connectivity index (χ4v) is 2.50. The van der Waals surface area contributed by atoms with Gasteiger partial charge in [0.1, 0.15) is 11.8 Å². The SMILES string of the molecule is CCC1CN(Cc2cccnc2C#N)CCN1C. The molecule has 0 aliphatic carbocycles. The monoisotopic (exact) mass is 244 g/mol. The molecular weight excluding hydrogens is 224 g/mol. The average molecular weight is 244 g/mol. The van der Waals surface area contributed by atoms with E-state index in [0.717, 1.165) is 31.7 Å². The highest BCUT2D eigenvalue weighted by Crippen LogP contribution is 2.15. The highest BCUT2D eigenvalue weighted by Gasteiger charge is 2.23. The summed E-state index contributed by atoms with van der Waals surface area (Å²) in [7, 11) is 2.19. The molecule has 4 nitrogen and oxygen atoms in total. The van der Waals surface area contributed by atoms with Crippen LogP contribution in [0.4, 0.5) is 0 Å². The third-order valence-corrected chi connectivity index (χ3v) is 3.72. The van der Waals surface area contributed by atoms with Crippen LogP contribution in [0.2, 0.25) is 0 Å². The normalized spacial score (nSPS) is 21.7. The Kier molecular flexibility index (Phi) is 4.29. The highest BCUT2D eigenvalue weighted by molar-refractivity contribution is 5.30. The van der Waals surface area contributed by atoms with Gasteiger partial charge in [0.05, 0.1) is 0 Å². The molecule has 2 rings (SSSR count). The molecule has 18 heavy (non-hydrogen) atoms. The Bertz CT molecular complexity index is 438. The Hall–Kier alpha value is -1.44. The molecule has 1 saturated heterocycles. The van der Waals surface area contributed by atoms with E-state index in [4.69, 9.17) is 5.26 Å². The average Bonchev–Trinajstić information content (AvgIpc) is 2.41. The smallest absolute Gasteiger partial charge is 0.144 e. The summed E-state index contributed by atoms with van der Waals surface area (Å²) in [6, 6.07) is 6.71. The van der Waals surface area contributed by atoms with Crippen LogP contribution < -0.4 is 0 Å². The minimum atomic E-state index is 0.560. The summed E-state index contributed by atoms with van der Waals surface area (Å²) in [5.41, 5.74) is 1.60. The first kappa shape index (κ1) is 13.0. The molecule has 0 amide bonds.